The normalized spacial score (nSPS) is 14.6. The zero-order valence-electron chi connectivity index (χ0n) is 10.5. The third-order valence-electron chi connectivity index (χ3n) is 3.12. The molecule has 2 aromatic rings. The summed E-state index contributed by atoms with van der Waals surface area (Å²) >= 11 is 10.8. The van der Waals surface area contributed by atoms with E-state index in [1.165, 1.54) is 0 Å². The van der Waals surface area contributed by atoms with E-state index in [-0.39, 0.29) is 0 Å². The minimum absolute atomic E-state index is 0.819. The fraction of sp³-hybridized carbons (Fsp3) is 0.133. The van der Waals surface area contributed by atoms with E-state index in [2.05, 4.69) is 81.9 Å². The molecule has 0 aliphatic carbocycles. The highest BCUT2D eigenvalue weighted by molar-refractivity contribution is 9.11. The van der Waals surface area contributed by atoms with Crippen LogP contribution >= 0.6 is 47.8 Å². The van der Waals surface area contributed by atoms with E-state index in [0.717, 1.165) is 43.6 Å². The zero-order chi connectivity index (χ0) is 14.1. The Morgan fingerprint density at radius 3 is 2.25 bits per heavy atom. The second-order valence-electron chi connectivity index (χ2n) is 4.44. The fourth-order valence-corrected chi connectivity index (χ4v) is 4.98. The van der Waals surface area contributed by atoms with Crippen LogP contribution in [0.1, 0.15) is 5.56 Å². The Labute approximate surface area is 143 Å². The van der Waals surface area contributed by atoms with Crippen molar-refractivity contribution in [2.75, 3.05) is 18.0 Å². The van der Waals surface area contributed by atoms with Crippen LogP contribution in [0.5, 0.6) is 0 Å². The molecule has 2 nitrogen and oxygen atoms in total. The zero-order valence-corrected chi connectivity index (χ0v) is 15.2. The van der Waals surface area contributed by atoms with Gasteiger partial charge in [0.25, 0.3) is 0 Å². The molecule has 2 aromatic carbocycles. The summed E-state index contributed by atoms with van der Waals surface area (Å²) in [6.45, 7) is 1.71. The predicted molar refractivity (Wildman–Crippen MR) is 94.7 cm³/mol. The molecular formula is C15H11Br3N2. The first-order chi connectivity index (χ1) is 9.66. The van der Waals surface area contributed by atoms with Crippen molar-refractivity contribution in [1.29, 1.82) is 0 Å². The van der Waals surface area contributed by atoms with Crippen LogP contribution in [0.15, 0.2) is 60.9 Å². The van der Waals surface area contributed by atoms with Crippen molar-refractivity contribution < 1.29 is 0 Å². The molecule has 0 spiro atoms. The molecule has 102 valence electrons. The Balaban J connectivity index is 2.05. The third-order valence-corrected chi connectivity index (χ3v) is 4.79. The maximum absolute atomic E-state index is 4.66. The summed E-state index contributed by atoms with van der Waals surface area (Å²) < 4.78 is 3.13. The van der Waals surface area contributed by atoms with Crippen LogP contribution in [-0.2, 0) is 0 Å². The van der Waals surface area contributed by atoms with Crippen LogP contribution in [0.25, 0.3) is 0 Å². The average molecular weight is 459 g/mol. The molecule has 0 fully saturated rings. The van der Waals surface area contributed by atoms with Crippen LogP contribution in [0.4, 0.5) is 5.69 Å². The summed E-state index contributed by atoms with van der Waals surface area (Å²) in [5, 5.41) is 0. The maximum atomic E-state index is 4.66. The van der Waals surface area contributed by atoms with Gasteiger partial charge in [-0.2, -0.15) is 0 Å². The average Bonchev–Trinajstić information content (AvgIpc) is 2.87. The summed E-state index contributed by atoms with van der Waals surface area (Å²) in [7, 11) is 0. The minimum Gasteiger partial charge on any atom is -0.322 e. The molecule has 20 heavy (non-hydrogen) atoms. The van der Waals surface area contributed by atoms with E-state index in [0.29, 0.717) is 0 Å². The number of amidine groups is 1. The second-order valence-corrected chi connectivity index (χ2v) is 7.07. The standard InChI is InChI=1S/C15H11Br3N2/c16-11-8-12(17)14(13(18)9-11)20-7-6-19-15(20)10-4-2-1-3-5-10/h1-5,8-9H,6-7H2. The van der Waals surface area contributed by atoms with Crippen molar-refractivity contribution >= 4 is 59.3 Å². The molecule has 0 radical (unpaired) electrons. The Morgan fingerprint density at radius 2 is 1.60 bits per heavy atom. The molecule has 1 aliphatic rings. The summed E-state index contributed by atoms with van der Waals surface area (Å²) in [5.74, 6) is 1.02. The number of hydrogen-bond acceptors (Lipinski definition) is 2. The van der Waals surface area contributed by atoms with Crippen LogP contribution in [0.2, 0.25) is 0 Å². The molecule has 0 saturated carbocycles. The van der Waals surface area contributed by atoms with Gasteiger partial charge in [0.2, 0.25) is 0 Å². The van der Waals surface area contributed by atoms with Gasteiger partial charge in [0.1, 0.15) is 5.84 Å². The van der Waals surface area contributed by atoms with Crippen molar-refractivity contribution in [3.05, 3.63) is 61.4 Å². The molecule has 0 saturated heterocycles. The van der Waals surface area contributed by atoms with Gasteiger partial charge < -0.3 is 4.90 Å². The summed E-state index contributed by atoms with van der Waals surface area (Å²) in [6.07, 6.45) is 0. The molecule has 0 amide bonds. The predicted octanol–water partition coefficient (Wildman–Crippen LogP) is 5.24. The SMILES string of the molecule is Brc1cc(Br)c(N2CCN=C2c2ccccc2)c(Br)c1. The number of benzene rings is 2. The lowest BCUT2D eigenvalue weighted by Gasteiger charge is -2.23. The van der Waals surface area contributed by atoms with Crippen LogP contribution in [-0.4, -0.2) is 18.9 Å². The largest absolute Gasteiger partial charge is 0.322 e. The first-order valence-electron chi connectivity index (χ1n) is 6.19. The van der Waals surface area contributed by atoms with Crippen molar-refractivity contribution in [3.63, 3.8) is 0 Å². The van der Waals surface area contributed by atoms with Gasteiger partial charge in [-0.15, -0.1) is 0 Å². The Bertz CT molecular complexity index is 645. The lowest BCUT2D eigenvalue weighted by atomic mass is 10.2. The van der Waals surface area contributed by atoms with E-state index in [1.807, 2.05) is 18.2 Å². The van der Waals surface area contributed by atoms with E-state index in [9.17, 15) is 0 Å². The molecule has 5 heteroatoms. The van der Waals surface area contributed by atoms with Gasteiger partial charge in [-0.05, 0) is 44.0 Å². The van der Waals surface area contributed by atoms with Crippen LogP contribution in [0, 0.1) is 0 Å². The third kappa shape index (κ3) is 2.71. The Morgan fingerprint density at radius 1 is 0.950 bits per heavy atom. The smallest absolute Gasteiger partial charge is 0.135 e. The molecule has 1 heterocycles. The molecule has 0 aromatic heterocycles. The monoisotopic (exact) mass is 456 g/mol. The molecule has 1 aliphatic heterocycles. The number of halogens is 3. The van der Waals surface area contributed by atoms with Gasteiger partial charge in [-0.25, -0.2) is 0 Å². The van der Waals surface area contributed by atoms with E-state index in [1.54, 1.807) is 0 Å². The molecule has 0 atom stereocenters. The maximum Gasteiger partial charge on any atom is 0.135 e. The van der Waals surface area contributed by atoms with Crippen LogP contribution in [0.3, 0.4) is 0 Å². The van der Waals surface area contributed by atoms with Crippen molar-refractivity contribution in [3.8, 4) is 0 Å². The van der Waals surface area contributed by atoms with Gasteiger partial charge in [0.05, 0.1) is 12.2 Å². The fourth-order valence-electron chi connectivity index (χ4n) is 2.29. The number of nitrogens with zero attached hydrogens (tertiary/aromatic N) is 2. The summed E-state index contributed by atoms with van der Waals surface area (Å²) in [6, 6.07) is 14.4. The van der Waals surface area contributed by atoms with Gasteiger partial charge in [-0.1, -0.05) is 46.3 Å². The van der Waals surface area contributed by atoms with Crippen molar-refractivity contribution in [2.45, 2.75) is 0 Å². The van der Waals surface area contributed by atoms with Gasteiger partial charge in [0.15, 0.2) is 0 Å². The number of hydrogen-bond donors (Lipinski definition) is 0. The van der Waals surface area contributed by atoms with Gasteiger partial charge >= 0.3 is 0 Å². The van der Waals surface area contributed by atoms with Crippen molar-refractivity contribution in [1.82, 2.24) is 0 Å². The number of aliphatic imine (C=N–C) groups is 1. The molecule has 0 bridgehead atoms. The lowest BCUT2D eigenvalue weighted by Crippen LogP contribution is -2.28. The first kappa shape index (κ1) is 14.3. The molecule has 0 unspecified atom stereocenters. The van der Waals surface area contributed by atoms with Crippen LogP contribution < -0.4 is 4.90 Å². The topological polar surface area (TPSA) is 15.6 Å². The van der Waals surface area contributed by atoms with Crippen molar-refractivity contribution in [2.24, 2.45) is 4.99 Å². The lowest BCUT2D eigenvalue weighted by molar-refractivity contribution is 1.02. The second kappa shape index (κ2) is 6.00. The quantitative estimate of drug-likeness (QED) is 0.600. The summed E-state index contributed by atoms with van der Waals surface area (Å²) in [4.78, 5) is 6.90. The van der Waals surface area contributed by atoms with E-state index >= 15 is 0 Å². The van der Waals surface area contributed by atoms with Gasteiger partial charge in [0, 0.05) is 25.5 Å². The minimum atomic E-state index is 0.819. The number of anilines is 1. The molecular weight excluding hydrogens is 448 g/mol. The highest BCUT2D eigenvalue weighted by Gasteiger charge is 2.24. The Kier molecular flexibility index (Phi) is 4.29. The molecule has 0 N–H and O–H groups in total. The summed E-state index contributed by atoms with van der Waals surface area (Å²) in [5.41, 5.74) is 2.26. The molecule has 3 rings (SSSR count). The van der Waals surface area contributed by atoms with E-state index < -0.39 is 0 Å². The highest BCUT2D eigenvalue weighted by Crippen LogP contribution is 2.38. The van der Waals surface area contributed by atoms with Gasteiger partial charge in [-0.3, -0.25) is 4.99 Å². The Hall–Kier alpha value is -0.650. The number of rotatable bonds is 2. The first-order valence-corrected chi connectivity index (χ1v) is 8.56. The van der Waals surface area contributed by atoms with E-state index in [4.69, 9.17) is 0 Å². The highest BCUT2D eigenvalue weighted by atomic mass is 79.9.